The Morgan fingerprint density at radius 2 is 1.85 bits per heavy atom. The van der Waals surface area contributed by atoms with Crippen LogP contribution in [-0.4, -0.2) is 23.1 Å². The minimum atomic E-state index is -1.05. The highest BCUT2D eigenvalue weighted by Gasteiger charge is 2.22. The third-order valence-corrected chi connectivity index (χ3v) is 3.38. The molecule has 1 unspecified atom stereocenters. The van der Waals surface area contributed by atoms with Crippen LogP contribution in [-0.2, 0) is 0 Å². The number of amides is 2. The predicted octanol–water partition coefficient (Wildman–Crippen LogP) is 3.25. The Morgan fingerprint density at radius 3 is 2.35 bits per heavy atom. The minimum absolute atomic E-state index is 0.0411. The number of carbonyl (C=O) groups excluding carboxylic acids is 1. The van der Waals surface area contributed by atoms with Crippen LogP contribution in [0.3, 0.4) is 0 Å². The molecule has 20 heavy (non-hydrogen) atoms. The van der Waals surface area contributed by atoms with Crippen LogP contribution in [0.2, 0.25) is 0 Å². The zero-order valence-corrected chi connectivity index (χ0v) is 12.6. The summed E-state index contributed by atoms with van der Waals surface area (Å²) < 4.78 is 0. The lowest BCUT2D eigenvalue weighted by Gasteiger charge is -2.28. The van der Waals surface area contributed by atoms with Gasteiger partial charge in [-0.2, -0.15) is 0 Å². The molecule has 0 aliphatic rings. The molecule has 0 heterocycles. The molecule has 0 saturated carbocycles. The molecule has 1 aromatic carbocycles. The molecule has 2 amide bonds. The van der Waals surface area contributed by atoms with Gasteiger partial charge >= 0.3 is 12.0 Å². The average Bonchev–Trinajstić information content (AvgIpc) is 2.26. The summed E-state index contributed by atoms with van der Waals surface area (Å²) >= 11 is 0. The van der Waals surface area contributed by atoms with Crippen molar-refractivity contribution in [3.63, 3.8) is 0 Å². The molecule has 1 atom stereocenters. The Labute approximate surface area is 119 Å². The van der Waals surface area contributed by atoms with Gasteiger partial charge in [0.05, 0.1) is 11.3 Å². The van der Waals surface area contributed by atoms with Crippen molar-refractivity contribution >= 4 is 17.7 Å². The molecule has 3 N–H and O–H groups in total. The van der Waals surface area contributed by atoms with Crippen molar-refractivity contribution < 1.29 is 14.7 Å². The molecule has 110 valence electrons. The van der Waals surface area contributed by atoms with Gasteiger partial charge in [-0.05, 0) is 30.9 Å². The van der Waals surface area contributed by atoms with Crippen LogP contribution in [0.1, 0.15) is 43.6 Å². The molecule has 0 fully saturated rings. The first kappa shape index (κ1) is 16.0. The van der Waals surface area contributed by atoms with Crippen LogP contribution >= 0.6 is 0 Å². The maximum atomic E-state index is 11.9. The maximum Gasteiger partial charge on any atom is 0.338 e. The van der Waals surface area contributed by atoms with E-state index in [0.717, 1.165) is 0 Å². The molecule has 1 aromatic rings. The standard InChI is InChI=1S/C15H22N2O3/c1-9-7-6-8-11(12(9)13(18)19)17-14(20)16-10(2)15(3,4)5/h6-8,10H,1-5H3,(H,18,19)(H2,16,17,20). The second kappa shape index (κ2) is 5.94. The first-order chi connectivity index (χ1) is 9.12. The Hall–Kier alpha value is -2.04. The van der Waals surface area contributed by atoms with Gasteiger partial charge in [0, 0.05) is 6.04 Å². The summed E-state index contributed by atoms with van der Waals surface area (Å²) in [6.45, 7) is 9.67. The Balaban J connectivity index is 2.87. The summed E-state index contributed by atoms with van der Waals surface area (Å²) in [4.78, 5) is 23.2. The van der Waals surface area contributed by atoms with E-state index >= 15 is 0 Å². The van der Waals surface area contributed by atoms with Gasteiger partial charge in [0.2, 0.25) is 0 Å². The fourth-order valence-corrected chi connectivity index (χ4v) is 1.63. The number of hydrogen-bond acceptors (Lipinski definition) is 2. The van der Waals surface area contributed by atoms with E-state index in [0.29, 0.717) is 11.3 Å². The average molecular weight is 278 g/mol. The number of urea groups is 1. The fraction of sp³-hybridized carbons (Fsp3) is 0.467. The van der Waals surface area contributed by atoms with Crippen molar-refractivity contribution in [2.24, 2.45) is 5.41 Å². The van der Waals surface area contributed by atoms with Gasteiger partial charge in [-0.1, -0.05) is 32.9 Å². The topological polar surface area (TPSA) is 78.4 Å². The molecular formula is C15H22N2O3. The normalized spacial score (nSPS) is 12.7. The molecular weight excluding hydrogens is 256 g/mol. The summed E-state index contributed by atoms with van der Waals surface area (Å²) in [5.74, 6) is -1.05. The van der Waals surface area contributed by atoms with Crippen molar-refractivity contribution in [2.45, 2.75) is 40.7 Å². The van der Waals surface area contributed by atoms with E-state index in [4.69, 9.17) is 0 Å². The summed E-state index contributed by atoms with van der Waals surface area (Å²) in [6.07, 6.45) is 0. The third kappa shape index (κ3) is 3.98. The second-order valence-corrected chi connectivity index (χ2v) is 5.99. The smallest absolute Gasteiger partial charge is 0.338 e. The maximum absolute atomic E-state index is 11.9. The number of anilines is 1. The first-order valence-electron chi connectivity index (χ1n) is 6.53. The van der Waals surface area contributed by atoms with Gasteiger partial charge in [0.1, 0.15) is 0 Å². The lowest BCUT2D eigenvalue weighted by Crippen LogP contribution is -2.43. The highest BCUT2D eigenvalue weighted by molar-refractivity contribution is 6.01. The van der Waals surface area contributed by atoms with Gasteiger partial charge in [-0.15, -0.1) is 0 Å². The number of hydrogen-bond donors (Lipinski definition) is 3. The molecule has 5 heteroatoms. The number of aromatic carboxylic acids is 1. The molecule has 0 aliphatic heterocycles. The summed E-state index contributed by atoms with van der Waals surface area (Å²) in [7, 11) is 0. The van der Waals surface area contributed by atoms with Gasteiger partial charge < -0.3 is 15.7 Å². The lowest BCUT2D eigenvalue weighted by atomic mass is 9.88. The van der Waals surface area contributed by atoms with E-state index in [9.17, 15) is 14.7 Å². The fourth-order valence-electron chi connectivity index (χ4n) is 1.63. The highest BCUT2D eigenvalue weighted by atomic mass is 16.4. The molecule has 0 bridgehead atoms. The van der Waals surface area contributed by atoms with Crippen LogP contribution in [0.4, 0.5) is 10.5 Å². The summed E-state index contributed by atoms with van der Waals surface area (Å²) in [5, 5.41) is 14.6. The molecule has 0 saturated heterocycles. The number of carbonyl (C=O) groups is 2. The number of carboxylic acid groups (broad SMARTS) is 1. The Morgan fingerprint density at radius 1 is 1.25 bits per heavy atom. The van der Waals surface area contributed by atoms with Crippen molar-refractivity contribution in [1.82, 2.24) is 5.32 Å². The van der Waals surface area contributed by atoms with Gasteiger partial charge in [0.15, 0.2) is 0 Å². The first-order valence-corrected chi connectivity index (χ1v) is 6.53. The molecule has 1 rings (SSSR count). The van der Waals surface area contributed by atoms with Crippen molar-refractivity contribution in [3.8, 4) is 0 Å². The van der Waals surface area contributed by atoms with Crippen LogP contribution in [0.15, 0.2) is 18.2 Å². The quantitative estimate of drug-likeness (QED) is 0.794. The monoisotopic (exact) mass is 278 g/mol. The predicted molar refractivity (Wildman–Crippen MR) is 79.2 cm³/mol. The molecule has 5 nitrogen and oxygen atoms in total. The third-order valence-electron chi connectivity index (χ3n) is 3.38. The van der Waals surface area contributed by atoms with E-state index < -0.39 is 12.0 Å². The van der Waals surface area contributed by atoms with Gasteiger partial charge in [0.25, 0.3) is 0 Å². The zero-order valence-electron chi connectivity index (χ0n) is 12.6. The number of nitrogens with one attached hydrogen (secondary N) is 2. The number of aryl methyl sites for hydroxylation is 1. The van der Waals surface area contributed by atoms with Crippen LogP contribution < -0.4 is 10.6 Å². The van der Waals surface area contributed by atoms with Crippen LogP contribution in [0.5, 0.6) is 0 Å². The molecule has 0 aliphatic carbocycles. The number of benzene rings is 1. The number of rotatable bonds is 3. The second-order valence-electron chi connectivity index (χ2n) is 5.99. The summed E-state index contributed by atoms with van der Waals surface area (Å²) in [6, 6.07) is 4.55. The summed E-state index contributed by atoms with van der Waals surface area (Å²) in [5.41, 5.74) is 0.959. The van der Waals surface area contributed by atoms with E-state index in [1.165, 1.54) is 0 Å². The Bertz CT molecular complexity index is 518. The van der Waals surface area contributed by atoms with E-state index in [2.05, 4.69) is 10.6 Å². The van der Waals surface area contributed by atoms with Gasteiger partial charge in [-0.3, -0.25) is 0 Å². The molecule has 0 aromatic heterocycles. The minimum Gasteiger partial charge on any atom is -0.478 e. The van der Waals surface area contributed by atoms with Gasteiger partial charge in [-0.25, -0.2) is 9.59 Å². The largest absolute Gasteiger partial charge is 0.478 e. The van der Waals surface area contributed by atoms with Crippen LogP contribution in [0.25, 0.3) is 0 Å². The van der Waals surface area contributed by atoms with E-state index in [1.807, 2.05) is 27.7 Å². The van der Waals surface area contributed by atoms with Crippen molar-refractivity contribution in [2.75, 3.05) is 5.32 Å². The lowest BCUT2D eigenvalue weighted by molar-refractivity contribution is 0.0697. The van der Waals surface area contributed by atoms with Crippen LogP contribution in [0, 0.1) is 12.3 Å². The van der Waals surface area contributed by atoms with E-state index in [-0.39, 0.29) is 17.0 Å². The van der Waals surface area contributed by atoms with Crippen molar-refractivity contribution in [1.29, 1.82) is 0 Å². The van der Waals surface area contributed by atoms with E-state index in [1.54, 1.807) is 25.1 Å². The Kier molecular flexibility index (Phi) is 4.76. The number of carboxylic acids is 1. The zero-order chi connectivity index (χ0) is 15.5. The highest BCUT2D eigenvalue weighted by Crippen LogP contribution is 2.21. The molecule has 0 spiro atoms. The molecule has 0 radical (unpaired) electrons. The van der Waals surface area contributed by atoms with Crippen molar-refractivity contribution in [3.05, 3.63) is 29.3 Å². The SMILES string of the molecule is Cc1cccc(NC(=O)NC(C)C(C)(C)C)c1C(=O)O.